The molecule has 1 saturated heterocycles. The number of piperidine rings is 1. The van der Waals surface area contributed by atoms with Crippen LogP contribution in [0.15, 0.2) is 17.0 Å². The van der Waals surface area contributed by atoms with Gasteiger partial charge in [-0.1, -0.05) is 6.07 Å². The van der Waals surface area contributed by atoms with Gasteiger partial charge in [0, 0.05) is 19.7 Å². The van der Waals surface area contributed by atoms with Crippen LogP contribution < -0.4 is 10.5 Å². The number of hydrogen-bond donors (Lipinski definition) is 1. The molecular formula is C17H29ClN2O4S. The van der Waals surface area contributed by atoms with E-state index in [4.69, 9.17) is 15.2 Å². The number of halogens is 1. The standard InChI is InChI=1S/C17H28N2O4S.ClH/c1-13-11-14(2)17(16(12-13)22-3)24(20,21)19-8-5-15(6-9-19)23-10-4-7-18;/h11-12,15H,4-10,18H2,1-3H3;1H. The Kier molecular flexibility index (Phi) is 8.63. The zero-order valence-corrected chi connectivity index (χ0v) is 16.8. The zero-order chi connectivity index (χ0) is 17.7. The summed E-state index contributed by atoms with van der Waals surface area (Å²) in [5.41, 5.74) is 7.16. The van der Waals surface area contributed by atoms with Crippen molar-refractivity contribution in [3.8, 4) is 5.75 Å². The average molecular weight is 393 g/mol. The molecule has 6 nitrogen and oxygen atoms in total. The molecule has 8 heteroatoms. The number of ether oxygens (including phenoxy) is 2. The molecule has 0 aromatic heterocycles. The molecule has 2 N–H and O–H groups in total. The summed E-state index contributed by atoms with van der Waals surface area (Å²) in [5, 5.41) is 0. The predicted molar refractivity (Wildman–Crippen MR) is 101 cm³/mol. The third-order valence-corrected chi connectivity index (χ3v) is 6.39. The fourth-order valence-corrected chi connectivity index (χ4v) is 4.91. The topological polar surface area (TPSA) is 81.9 Å². The fraction of sp³-hybridized carbons (Fsp3) is 0.647. The van der Waals surface area contributed by atoms with Crippen LogP contribution in [0.5, 0.6) is 5.75 Å². The summed E-state index contributed by atoms with van der Waals surface area (Å²) in [7, 11) is -2.06. The van der Waals surface area contributed by atoms with Gasteiger partial charge in [0.1, 0.15) is 10.6 Å². The van der Waals surface area contributed by atoms with Crippen LogP contribution in [0.1, 0.15) is 30.4 Å². The number of benzene rings is 1. The lowest BCUT2D eigenvalue weighted by molar-refractivity contribution is 0.0208. The number of sulfonamides is 1. The molecule has 2 rings (SSSR count). The molecule has 1 heterocycles. The maximum absolute atomic E-state index is 13.1. The normalized spacial score (nSPS) is 16.5. The molecule has 0 bridgehead atoms. The Morgan fingerprint density at radius 3 is 2.44 bits per heavy atom. The maximum atomic E-state index is 13.1. The van der Waals surface area contributed by atoms with Crippen LogP contribution in [-0.2, 0) is 14.8 Å². The molecule has 1 aliphatic rings. The number of nitrogens with two attached hydrogens (primary N) is 1. The van der Waals surface area contributed by atoms with Gasteiger partial charge in [-0.05, 0) is 56.8 Å². The minimum absolute atomic E-state index is 0. The van der Waals surface area contributed by atoms with Crippen molar-refractivity contribution in [1.29, 1.82) is 0 Å². The molecule has 25 heavy (non-hydrogen) atoms. The Labute approximate surface area is 157 Å². The minimum Gasteiger partial charge on any atom is -0.495 e. The van der Waals surface area contributed by atoms with Gasteiger partial charge in [-0.25, -0.2) is 8.42 Å². The predicted octanol–water partition coefficient (Wildman–Crippen LogP) is 2.25. The Bertz CT molecular complexity index is 659. The van der Waals surface area contributed by atoms with Crippen molar-refractivity contribution in [3.05, 3.63) is 23.3 Å². The highest BCUT2D eigenvalue weighted by atomic mass is 35.5. The van der Waals surface area contributed by atoms with Gasteiger partial charge in [-0.2, -0.15) is 4.31 Å². The van der Waals surface area contributed by atoms with E-state index in [2.05, 4.69) is 0 Å². The van der Waals surface area contributed by atoms with Crippen LogP contribution in [0, 0.1) is 13.8 Å². The maximum Gasteiger partial charge on any atom is 0.247 e. The number of hydrogen-bond acceptors (Lipinski definition) is 5. The Balaban J connectivity index is 0.00000312. The highest BCUT2D eigenvalue weighted by Gasteiger charge is 2.33. The van der Waals surface area contributed by atoms with E-state index >= 15 is 0 Å². The first kappa shape index (κ1) is 22.2. The number of rotatable bonds is 7. The fourth-order valence-electron chi connectivity index (χ4n) is 3.10. The van der Waals surface area contributed by atoms with E-state index in [1.165, 1.54) is 11.4 Å². The SMILES string of the molecule is COc1cc(C)cc(C)c1S(=O)(=O)N1CCC(OCCCN)CC1.Cl. The largest absolute Gasteiger partial charge is 0.495 e. The van der Waals surface area contributed by atoms with Gasteiger partial charge in [0.15, 0.2) is 0 Å². The lowest BCUT2D eigenvalue weighted by Gasteiger charge is -2.32. The van der Waals surface area contributed by atoms with Crippen LogP contribution in [0.4, 0.5) is 0 Å². The van der Waals surface area contributed by atoms with Crippen LogP contribution in [0.25, 0.3) is 0 Å². The summed E-state index contributed by atoms with van der Waals surface area (Å²) in [5.74, 6) is 0.411. The zero-order valence-electron chi connectivity index (χ0n) is 15.2. The Hall–Kier alpha value is -0.860. The van der Waals surface area contributed by atoms with Crippen molar-refractivity contribution in [1.82, 2.24) is 4.31 Å². The van der Waals surface area contributed by atoms with E-state index in [9.17, 15) is 8.42 Å². The second kappa shape index (κ2) is 9.73. The summed E-state index contributed by atoms with van der Waals surface area (Å²) in [4.78, 5) is 0.276. The van der Waals surface area contributed by atoms with E-state index in [0.717, 1.165) is 12.0 Å². The van der Waals surface area contributed by atoms with Crippen LogP contribution in [0.3, 0.4) is 0 Å². The summed E-state index contributed by atoms with van der Waals surface area (Å²) in [6.45, 7) is 5.91. The second-order valence-electron chi connectivity index (χ2n) is 6.23. The molecule has 0 aliphatic carbocycles. The first-order valence-corrected chi connectivity index (χ1v) is 9.81. The highest BCUT2D eigenvalue weighted by molar-refractivity contribution is 7.89. The monoisotopic (exact) mass is 392 g/mol. The summed E-state index contributed by atoms with van der Waals surface area (Å²) < 4.78 is 38.7. The van der Waals surface area contributed by atoms with E-state index in [1.54, 1.807) is 6.07 Å². The van der Waals surface area contributed by atoms with E-state index in [0.29, 0.717) is 50.4 Å². The van der Waals surface area contributed by atoms with Crippen LogP contribution >= 0.6 is 12.4 Å². The van der Waals surface area contributed by atoms with Gasteiger partial charge in [0.25, 0.3) is 0 Å². The molecule has 1 aromatic carbocycles. The number of aryl methyl sites for hydroxylation is 2. The Morgan fingerprint density at radius 2 is 1.88 bits per heavy atom. The van der Waals surface area contributed by atoms with Gasteiger partial charge >= 0.3 is 0 Å². The lowest BCUT2D eigenvalue weighted by atomic mass is 10.1. The smallest absolute Gasteiger partial charge is 0.247 e. The molecule has 0 saturated carbocycles. The van der Waals surface area contributed by atoms with Crippen molar-refractivity contribution in [2.75, 3.05) is 33.4 Å². The van der Waals surface area contributed by atoms with Crippen molar-refractivity contribution in [3.63, 3.8) is 0 Å². The average Bonchev–Trinajstić information content (AvgIpc) is 2.54. The quantitative estimate of drug-likeness (QED) is 0.719. The van der Waals surface area contributed by atoms with Crippen molar-refractivity contribution >= 4 is 22.4 Å². The molecule has 0 atom stereocenters. The Morgan fingerprint density at radius 1 is 1.24 bits per heavy atom. The van der Waals surface area contributed by atoms with Gasteiger partial charge in [-0.3, -0.25) is 0 Å². The molecule has 1 aromatic rings. The third kappa shape index (κ3) is 5.31. The van der Waals surface area contributed by atoms with Gasteiger partial charge in [0.2, 0.25) is 10.0 Å². The minimum atomic E-state index is -3.57. The summed E-state index contributed by atoms with van der Waals surface area (Å²) >= 11 is 0. The van der Waals surface area contributed by atoms with Gasteiger partial charge in [0.05, 0.1) is 13.2 Å². The van der Waals surface area contributed by atoms with E-state index in [-0.39, 0.29) is 23.4 Å². The first-order valence-electron chi connectivity index (χ1n) is 8.37. The first-order chi connectivity index (χ1) is 11.4. The number of nitrogens with zero attached hydrogens (tertiary/aromatic N) is 1. The van der Waals surface area contributed by atoms with E-state index < -0.39 is 10.0 Å². The molecule has 0 unspecified atom stereocenters. The van der Waals surface area contributed by atoms with Crippen LogP contribution in [-0.4, -0.2) is 52.2 Å². The molecular weight excluding hydrogens is 364 g/mol. The highest BCUT2D eigenvalue weighted by Crippen LogP contribution is 2.32. The summed E-state index contributed by atoms with van der Waals surface area (Å²) in [6, 6.07) is 3.64. The third-order valence-electron chi connectivity index (χ3n) is 4.31. The lowest BCUT2D eigenvalue weighted by Crippen LogP contribution is -2.41. The second-order valence-corrected chi connectivity index (χ2v) is 8.10. The van der Waals surface area contributed by atoms with Crippen molar-refractivity contribution < 1.29 is 17.9 Å². The van der Waals surface area contributed by atoms with Gasteiger partial charge < -0.3 is 15.2 Å². The van der Waals surface area contributed by atoms with E-state index in [1.807, 2.05) is 19.9 Å². The molecule has 1 fully saturated rings. The van der Waals surface area contributed by atoms with Crippen molar-refractivity contribution in [2.24, 2.45) is 5.73 Å². The van der Waals surface area contributed by atoms with Gasteiger partial charge in [-0.15, -0.1) is 12.4 Å². The molecule has 0 radical (unpaired) electrons. The van der Waals surface area contributed by atoms with Crippen LogP contribution in [0.2, 0.25) is 0 Å². The molecule has 0 amide bonds. The molecule has 0 spiro atoms. The molecule has 1 aliphatic heterocycles. The summed E-state index contributed by atoms with van der Waals surface area (Å²) in [6.07, 6.45) is 2.36. The van der Waals surface area contributed by atoms with Crippen molar-refractivity contribution in [2.45, 2.75) is 44.1 Å². The number of methoxy groups -OCH3 is 1. The molecule has 144 valence electrons.